The Morgan fingerprint density at radius 1 is 1.18 bits per heavy atom. The fourth-order valence-electron chi connectivity index (χ4n) is 2.79. The van der Waals surface area contributed by atoms with Crippen molar-refractivity contribution >= 4 is 17.2 Å². The summed E-state index contributed by atoms with van der Waals surface area (Å²) in [6.45, 7) is 6.19. The van der Waals surface area contributed by atoms with Crippen LogP contribution in [0.2, 0.25) is 5.15 Å². The number of aryl methyl sites for hydroxylation is 1. The predicted octanol–water partition coefficient (Wildman–Crippen LogP) is 4.49. The number of benzene rings is 1. The van der Waals surface area contributed by atoms with Crippen LogP contribution in [0.25, 0.3) is 16.8 Å². The predicted molar refractivity (Wildman–Crippen MR) is 88.8 cm³/mol. The van der Waals surface area contributed by atoms with E-state index >= 15 is 0 Å². The lowest BCUT2D eigenvalue weighted by Crippen LogP contribution is -2.04. The Morgan fingerprint density at radius 3 is 2.59 bits per heavy atom. The summed E-state index contributed by atoms with van der Waals surface area (Å²) in [5.41, 5.74) is 4.59. The minimum atomic E-state index is 0.295. The van der Waals surface area contributed by atoms with Gasteiger partial charge in [-0.25, -0.2) is 9.50 Å². The van der Waals surface area contributed by atoms with Crippen LogP contribution in [0, 0.1) is 6.92 Å². The fourth-order valence-corrected chi connectivity index (χ4v) is 3.27. The SMILES string of the molecule is COc1ccccc1-c1cnn2c(Cl)c(C(C)C)c(C)nc12. The number of methoxy groups -OCH3 is 1. The smallest absolute Gasteiger partial charge is 0.164 e. The van der Waals surface area contributed by atoms with E-state index in [1.807, 2.05) is 31.2 Å². The lowest BCUT2D eigenvalue weighted by atomic mass is 10.0. The van der Waals surface area contributed by atoms with Crippen molar-refractivity contribution < 1.29 is 4.74 Å². The van der Waals surface area contributed by atoms with Crippen LogP contribution in [-0.4, -0.2) is 21.7 Å². The minimum Gasteiger partial charge on any atom is -0.496 e. The summed E-state index contributed by atoms with van der Waals surface area (Å²) in [5.74, 6) is 1.09. The van der Waals surface area contributed by atoms with Crippen LogP contribution in [0.15, 0.2) is 30.5 Å². The second-order valence-corrected chi connectivity index (χ2v) is 5.91. The molecule has 0 saturated carbocycles. The second kappa shape index (κ2) is 5.61. The Labute approximate surface area is 134 Å². The first-order valence-corrected chi connectivity index (χ1v) is 7.59. The summed E-state index contributed by atoms with van der Waals surface area (Å²) in [6.07, 6.45) is 1.79. The zero-order valence-corrected chi connectivity index (χ0v) is 13.8. The third kappa shape index (κ3) is 2.24. The van der Waals surface area contributed by atoms with Gasteiger partial charge in [-0.1, -0.05) is 43.6 Å². The van der Waals surface area contributed by atoms with Crippen molar-refractivity contribution in [2.75, 3.05) is 7.11 Å². The molecule has 4 nitrogen and oxygen atoms in total. The number of ether oxygens (including phenoxy) is 1. The molecule has 2 aromatic heterocycles. The summed E-state index contributed by atoms with van der Waals surface area (Å²) < 4.78 is 7.14. The van der Waals surface area contributed by atoms with Gasteiger partial charge in [0.2, 0.25) is 0 Å². The van der Waals surface area contributed by atoms with Gasteiger partial charge in [0, 0.05) is 16.8 Å². The Kier molecular flexibility index (Phi) is 3.79. The first-order valence-electron chi connectivity index (χ1n) is 7.21. The molecule has 0 N–H and O–H groups in total. The highest BCUT2D eigenvalue weighted by Gasteiger charge is 2.19. The molecule has 0 atom stereocenters. The monoisotopic (exact) mass is 315 g/mol. The molecule has 0 unspecified atom stereocenters. The minimum absolute atomic E-state index is 0.295. The lowest BCUT2D eigenvalue weighted by Gasteiger charge is -2.13. The van der Waals surface area contributed by atoms with Crippen molar-refractivity contribution in [1.82, 2.24) is 14.6 Å². The fraction of sp³-hybridized carbons (Fsp3) is 0.294. The molecule has 0 radical (unpaired) electrons. The molecule has 1 aromatic carbocycles. The largest absolute Gasteiger partial charge is 0.496 e. The van der Waals surface area contributed by atoms with Gasteiger partial charge in [0.05, 0.1) is 18.9 Å². The zero-order valence-electron chi connectivity index (χ0n) is 13.1. The van der Waals surface area contributed by atoms with Gasteiger partial charge in [-0.2, -0.15) is 5.10 Å². The van der Waals surface area contributed by atoms with Gasteiger partial charge >= 0.3 is 0 Å². The molecule has 2 heterocycles. The van der Waals surface area contributed by atoms with Crippen LogP contribution in [-0.2, 0) is 0 Å². The lowest BCUT2D eigenvalue weighted by molar-refractivity contribution is 0.416. The Morgan fingerprint density at radius 2 is 1.91 bits per heavy atom. The Balaban J connectivity index is 2.30. The number of hydrogen-bond donors (Lipinski definition) is 0. The van der Waals surface area contributed by atoms with Crippen LogP contribution in [0.1, 0.15) is 31.0 Å². The quantitative estimate of drug-likeness (QED) is 0.668. The number of aromatic nitrogens is 3. The van der Waals surface area contributed by atoms with Crippen LogP contribution in [0.3, 0.4) is 0 Å². The van der Waals surface area contributed by atoms with E-state index in [9.17, 15) is 0 Å². The van der Waals surface area contributed by atoms with Crippen molar-refractivity contribution in [1.29, 1.82) is 0 Å². The number of hydrogen-bond acceptors (Lipinski definition) is 3. The van der Waals surface area contributed by atoms with E-state index in [0.29, 0.717) is 11.1 Å². The number of nitrogens with zero attached hydrogens (tertiary/aromatic N) is 3. The maximum Gasteiger partial charge on any atom is 0.164 e. The highest BCUT2D eigenvalue weighted by Crippen LogP contribution is 2.35. The van der Waals surface area contributed by atoms with Crippen LogP contribution < -0.4 is 4.74 Å². The summed E-state index contributed by atoms with van der Waals surface area (Å²) in [5, 5.41) is 5.04. The zero-order chi connectivity index (χ0) is 15.9. The molecule has 0 fully saturated rings. The van der Waals surface area contributed by atoms with Gasteiger partial charge in [-0.15, -0.1) is 0 Å². The molecule has 3 aromatic rings. The molecule has 3 rings (SSSR count). The highest BCUT2D eigenvalue weighted by atomic mass is 35.5. The standard InChI is InChI=1S/C17H18ClN3O/c1-10(2)15-11(3)20-17-13(9-19-21(17)16(15)18)12-7-5-6-8-14(12)22-4/h5-10H,1-4H3. The van der Waals surface area contributed by atoms with Gasteiger partial charge in [-0.3, -0.25) is 0 Å². The third-order valence-corrected chi connectivity index (χ3v) is 4.15. The van der Waals surface area contributed by atoms with Crippen LogP contribution in [0.4, 0.5) is 0 Å². The topological polar surface area (TPSA) is 39.4 Å². The maximum absolute atomic E-state index is 6.55. The average molecular weight is 316 g/mol. The number of fused-ring (bicyclic) bond motifs is 1. The summed E-state index contributed by atoms with van der Waals surface area (Å²) >= 11 is 6.55. The van der Waals surface area contributed by atoms with Crippen LogP contribution in [0.5, 0.6) is 5.75 Å². The van der Waals surface area contributed by atoms with Gasteiger partial charge in [0.15, 0.2) is 5.65 Å². The molecule has 0 aliphatic heterocycles. The molecular weight excluding hydrogens is 298 g/mol. The second-order valence-electron chi connectivity index (χ2n) is 5.55. The van der Waals surface area contributed by atoms with E-state index < -0.39 is 0 Å². The van der Waals surface area contributed by atoms with Crippen molar-refractivity contribution in [3.63, 3.8) is 0 Å². The number of para-hydroxylation sites is 1. The highest BCUT2D eigenvalue weighted by molar-refractivity contribution is 6.30. The van der Waals surface area contributed by atoms with Crippen LogP contribution >= 0.6 is 11.6 Å². The maximum atomic E-state index is 6.55. The molecule has 0 saturated heterocycles. The molecule has 114 valence electrons. The molecule has 0 bridgehead atoms. The van der Waals surface area contributed by atoms with Gasteiger partial charge in [0.25, 0.3) is 0 Å². The van der Waals surface area contributed by atoms with Gasteiger partial charge in [0.1, 0.15) is 10.9 Å². The summed E-state index contributed by atoms with van der Waals surface area (Å²) in [7, 11) is 1.66. The molecule has 0 aliphatic carbocycles. The van der Waals surface area contributed by atoms with Crippen molar-refractivity contribution in [2.45, 2.75) is 26.7 Å². The number of halogens is 1. The van der Waals surface area contributed by atoms with E-state index in [4.69, 9.17) is 21.3 Å². The van der Waals surface area contributed by atoms with E-state index in [2.05, 4.69) is 18.9 Å². The van der Waals surface area contributed by atoms with Gasteiger partial charge < -0.3 is 4.74 Å². The van der Waals surface area contributed by atoms with E-state index in [1.165, 1.54) is 0 Å². The summed E-state index contributed by atoms with van der Waals surface area (Å²) in [4.78, 5) is 4.73. The molecule has 0 amide bonds. The van der Waals surface area contributed by atoms with E-state index in [0.717, 1.165) is 33.8 Å². The molecule has 5 heteroatoms. The van der Waals surface area contributed by atoms with Gasteiger partial charge in [-0.05, 0) is 18.9 Å². The third-order valence-electron chi connectivity index (χ3n) is 3.79. The molecular formula is C17H18ClN3O. The molecule has 22 heavy (non-hydrogen) atoms. The van der Waals surface area contributed by atoms with E-state index in [1.54, 1.807) is 17.8 Å². The van der Waals surface area contributed by atoms with E-state index in [-0.39, 0.29) is 0 Å². The van der Waals surface area contributed by atoms with Crippen molar-refractivity contribution in [3.05, 3.63) is 46.9 Å². The first-order chi connectivity index (χ1) is 10.5. The first kappa shape index (κ1) is 14.9. The number of rotatable bonds is 3. The van der Waals surface area contributed by atoms with Crippen molar-refractivity contribution in [2.24, 2.45) is 0 Å². The average Bonchev–Trinajstić information content (AvgIpc) is 2.90. The molecule has 0 spiro atoms. The Bertz CT molecular complexity index is 839. The molecule has 0 aliphatic rings. The Hall–Kier alpha value is -2.07. The normalized spacial score (nSPS) is 11.4. The summed E-state index contributed by atoms with van der Waals surface area (Å²) in [6, 6.07) is 7.84. The van der Waals surface area contributed by atoms with Crippen molar-refractivity contribution in [3.8, 4) is 16.9 Å².